The molecule has 0 unspecified atom stereocenters. The average Bonchev–Trinajstić information content (AvgIpc) is 3.07. The van der Waals surface area contributed by atoms with Crippen molar-refractivity contribution >= 4 is 0 Å². The summed E-state index contributed by atoms with van der Waals surface area (Å²) in [4.78, 5) is 0. The minimum Gasteiger partial charge on any atom is -0.305 e. The predicted octanol–water partition coefficient (Wildman–Crippen LogP) is 2.92. The van der Waals surface area contributed by atoms with Gasteiger partial charge < -0.3 is 5.32 Å². The molecule has 0 bridgehead atoms. The number of nitrogens with one attached hydrogen (secondary N) is 1. The van der Waals surface area contributed by atoms with Gasteiger partial charge in [-0.25, -0.2) is 0 Å². The predicted molar refractivity (Wildman–Crippen MR) is 80.4 cm³/mol. The summed E-state index contributed by atoms with van der Waals surface area (Å²) in [6.07, 6.45) is 5.00. The minimum absolute atomic E-state index is 0.413. The smallest absolute Gasteiger partial charge is 0.0762 e. The van der Waals surface area contributed by atoms with Crippen molar-refractivity contribution in [3.63, 3.8) is 0 Å². The van der Waals surface area contributed by atoms with Gasteiger partial charge in [0.1, 0.15) is 0 Å². The van der Waals surface area contributed by atoms with E-state index in [2.05, 4.69) is 60.0 Å². The molecule has 2 aromatic heterocycles. The first-order valence-corrected chi connectivity index (χ1v) is 7.39. The van der Waals surface area contributed by atoms with Crippen molar-refractivity contribution in [1.82, 2.24) is 24.9 Å². The van der Waals surface area contributed by atoms with Crippen LogP contribution < -0.4 is 5.32 Å². The van der Waals surface area contributed by atoms with Gasteiger partial charge >= 0.3 is 0 Å². The summed E-state index contributed by atoms with van der Waals surface area (Å²) in [6.45, 7) is 10.2. The van der Waals surface area contributed by atoms with E-state index in [0.29, 0.717) is 12.1 Å². The molecule has 0 amide bonds. The fourth-order valence-electron chi connectivity index (χ4n) is 2.13. The number of aromatic nitrogens is 4. The lowest BCUT2D eigenvalue weighted by Crippen LogP contribution is -2.18. The van der Waals surface area contributed by atoms with Gasteiger partial charge in [0.05, 0.1) is 11.4 Å². The summed E-state index contributed by atoms with van der Waals surface area (Å²) in [6, 6.07) is 5.00. The van der Waals surface area contributed by atoms with Crippen molar-refractivity contribution < 1.29 is 0 Å². The van der Waals surface area contributed by atoms with E-state index in [-0.39, 0.29) is 0 Å². The molecule has 0 fully saturated rings. The lowest BCUT2D eigenvalue weighted by molar-refractivity contribution is 0.450. The molecule has 2 aromatic rings. The van der Waals surface area contributed by atoms with Gasteiger partial charge in [-0.1, -0.05) is 6.92 Å². The summed E-state index contributed by atoms with van der Waals surface area (Å²) in [5.74, 6) is 0. The summed E-state index contributed by atoms with van der Waals surface area (Å²) in [5.41, 5.74) is 2.30. The molecule has 0 aromatic carbocycles. The van der Waals surface area contributed by atoms with Crippen molar-refractivity contribution in [3.8, 4) is 0 Å². The number of nitrogens with zero attached hydrogens (tertiary/aromatic N) is 4. The van der Waals surface area contributed by atoms with Crippen LogP contribution in [0.3, 0.4) is 0 Å². The van der Waals surface area contributed by atoms with Crippen LogP contribution in [0, 0.1) is 0 Å². The summed E-state index contributed by atoms with van der Waals surface area (Å²) in [5, 5.41) is 12.4. The van der Waals surface area contributed by atoms with E-state index in [4.69, 9.17) is 0 Å². The van der Waals surface area contributed by atoms with Gasteiger partial charge in [-0.05, 0) is 39.3 Å². The van der Waals surface area contributed by atoms with Gasteiger partial charge in [-0.2, -0.15) is 10.2 Å². The lowest BCUT2D eigenvalue weighted by atomic mass is 10.2. The first kappa shape index (κ1) is 14.8. The maximum atomic E-state index is 4.53. The monoisotopic (exact) mass is 275 g/mol. The first-order valence-electron chi connectivity index (χ1n) is 7.39. The third-order valence-electron chi connectivity index (χ3n) is 3.57. The number of rotatable bonds is 7. The second kappa shape index (κ2) is 6.70. The van der Waals surface area contributed by atoms with Crippen LogP contribution in [0.25, 0.3) is 0 Å². The summed E-state index contributed by atoms with van der Waals surface area (Å²) in [7, 11) is 0. The molecule has 0 aliphatic rings. The standard InChI is InChI=1S/C15H25N5/c1-5-13(4)20-15(6-8-17-20)11-16-10-14-7-9-19(18-14)12(2)3/h6-9,12-13,16H,5,10-11H2,1-4H3/t13-/m0/s1. The third kappa shape index (κ3) is 3.48. The quantitative estimate of drug-likeness (QED) is 0.845. The van der Waals surface area contributed by atoms with Crippen LogP contribution in [-0.2, 0) is 13.1 Å². The van der Waals surface area contributed by atoms with E-state index >= 15 is 0 Å². The average molecular weight is 275 g/mol. The first-order chi connectivity index (χ1) is 9.61. The Kier molecular flexibility index (Phi) is 4.95. The Morgan fingerprint density at radius 1 is 1.20 bits per heavy atom. The second-order valence-electron chi connectivity index (χ2n) is 5.51. The largest absolute Gasteiger partial charge is 0.305 e. The van der Waals surface area contributed by atoms with Crippen LogP contribution in [0.5, 0.6) is 0 Å². The molecule has 2 rings (SSSR count). The Morgan fingerprint density at radius 2 is 2.00 bits per heavy atom. The van der Waals surface area contributed by atoms with E-state index in [1.807, 2.05) is 17.1 Å². The molecule has 5 heteroatoms. The van der Waals surface area contributed by atoms with Crippen molar-refractivity contribution in [1.29, 1.82) is 0 Å². The molecule has 0 aliphatic heterocycles. The molecule has 0 aliphatic carbocycles. The molecule has 20 heavy (non-hydrogen) atoms. The molecule has 0 spiro atoms. The van der Waals surface area contributed by atoms with Crippen LogP contribution in [0.1, 0.15) is 57.6 Å². The zero-order chi connectivity index (χ0) is 14.5. The Bertz CT molecular complexity index is 526. The van der Waals surface area contributed by atoms with E-state index in [0.717, 1.165) is 25.2 Å². The molecule has 0 saturated heterocycles. The summed E-state index contributed by atoms with van der Waals surface area (Å²) < 4.78 is 4.08. The maximum absolute atomic E-state index is 4.53. The highest BCUT2D eigenvalue weighted by Crippen LogP contribution is 2.12. The minimum atomic E-state index is 0.413. The zero-order valence-corrected chi connectivity index (χ0v) is 12.9. The van der Waals surface area contributed by atoms with Crippen molar-refractivity contribution in [2.24, 2.45) is 0 Å². The van der Waals surface area contributed by atoms with Gasteiger partial charge in [0.2, 0.25) is 0 Å². The molecule has 1 N–H and O–H groups in total. The lowest BCUT2D eigenvalue weighted by Gasteiger charge is -2.13. The Morgan fingerprint density at radius 3 is 2.65 bits per heavy atom. The topological polar surface area (TPSA) is 47.7 Å². The van der Waals surface area contributed by atoms with E-state index < -0.39 is 0 Å². The van der Waals surface area contributed by atoms with Crippen LogP contribution in [-0.4, -0.2) is 19.6 Å². The molecular formula is C15H25N5. The fraction of sp³-hybridized carbons (Fsp3) is 0.600. The van der Waals surface area contributed by atoms with Crippen molar-refractivity contribution in [2.45, 2.75) is 59.3 Å². The van der Waals surface area contributed by atoms with E-state index in [1.165, 1.54) is 5.69 Å². The van der Waals surface area contributed by atoms with Crippen LogP contribution >= 0.6 is 0 Å². The van der Waals surface area contributed by atoms with Gasteiger partial charge in [-0.3, -0.25) is 9.36 Å². The van der Waals surface area contributed by atoms with Gasteiger partial charge in [0.15, 0.2) is 0 Å². The van der Waals surface area contributed by atoms with Crippen molar-refractivity contribution in [3.05, 3.63) is 35.9 Å². The normalized spacial score (nSPS) is 13.1. The van der Waals surface area contributed by atoms with Crippen LogP contribution in [0.15, 0.2) is 24.5 Å². The highest BCUT2D eigenvalue weighted by molar-refractivity contribution is 5.03. The third-order valence-corrected chi connectivity index (χ3v) is 3.57. The van der Waals surface area contributed by atoms with Gasteiger partial charge in [-0.15, -0.1) is 0 Å². The molecule has 0 radical (unpaired) electrons. The Labute approximate surface area is 121 Å². The second-order valence-corrected chi connectivity index (χ2v) is 5.51. The van der Waals surface area contributed by atoms with Gasteiger partial charge in [0.25, 0.3) is 0 Å². The van der Waals surface area contributed by atoms with Crippen LogP contribution in [0.2, 0.25) is 0 Å². The molecule has 0 saturated carbocycles. The number of hydrogen-bond donors (Lipinski definition) is 1. The SMILES string of the molecule is CC[C@H](C)n1nccc1CNCc1ccn(C(C)C)n1. The molecular weight excluding hydrogens is 250 g/mol. The molecule has 110 valence electrons. The fourth-order valence-corrected chi connectivity index (χ4v) is 2.13. The summed E-state index contributed by atoms with van der Waals surface area (Å²) >= 11 is 0. The van der Waals surface area contributed by atoms with Gasteiger partial charge in [0, 0.05) is 37.6 Å². The molecule has 2 heterocycles. The maximum Gasteiger partial charge on any atom is 0.0762 e. The molecule has 1 atom stereocenters. The van der Waals surface area contributed by atoms with E-state index in [1.54, 1.807) is 0 Å². The van der Waals surface area contributed by atoms with Crippen LogP contribution in [0.4, 0.5) is 0 Å². The van der Waals surface area contributed by atoms with Crippen molar-refractivity contribution in [2.75, 3.05) is 0 Å². The zero-order valence-electron chi connectivity index (χ0n) is 12.9. The Balaban J connectivity index is 1.88. The van der Waals surface area contributed by atoms with E-state index in [9.17, 15) is 0 Å². The Hall–Kier alpha value is -1.62. The number of hydrogen-bond acceptors (Lipinski definition) is 3. The molecule has 5 nitrogen and oxygen atoms in total. The highest BCUT2D eigenvalue weighted by Gasteiger charge is 2.08. The highest BCUT2D eigenvalue weighted by atomic mass is 15.3.